The lowest BCUT2D eigenvalue weighted by Crippen LogP contribution is -2.49. The van der Waals surface area contributed by atoms with Gasteiger partial charge >= 0.3 is 0 Å². The number of hydrogen-bond donors (Lipinski definition) is 0. The molecule has 1 amide bonds. The Hall–Kier alpha value is -2.34. The fraction of sp³-hybridized carbons (Fsp3) is 0.583. The minimum Gasteiger partial charge on any atom is -0.496 e. The average Bonchev–Trinajstić information content (AvgIpc) is 3.44. The van der Waals surface area contributed by atoms with E-state index in [0.29, 0.717) is 24.4 Å². The van der Waals surface area contributed by atoms with Crippen molar-refractivity contribution in [2.45, 2.75) is 64.7 Å². The molecule has 0 aliphatic carbocycles. The number of ether oxygens (including phenoxy) is 1. The van der Waals surface area contributed by atoms with Crippen molar-refractivity contribution in [3.05, 3.63) is 46.8 Å². The first-order valence-electron chi connectivity index (χ1n) is 11.2. The second-order valence-electron chi connectivity index (χ2n) is 9.07. The normalized spacial score (nSPS) is 28.3. The number of rotatable bonds is 5. The van der Waals surface area contributed by atoms with E-state index in [-0.39, 0.29) is 5.54 Å². The van der Waals surface area contributed by atoms with E-state index in [0.717, 1.165) is 55.9 Å². The van der Waals surface area contributed by atoms with Crippen LogP contribution >= 0.6 is 0 Å². The molecule has 30 heavy (non-hydrogen) atoms. The molecule has 3 fully saturated rings. The molecule has 6 heteroatoms. The SMILES string of the molecule is CCn1nc(C)c([C@@H]2C[C@H]3CN(Cc4ccccc4OC)C(=O)[C@]34CCCN24)c1C. The Morgan fingerprint density at radius 1 is 1.27 bits per heavy atom. The zero-order valence-corrected chi connectivity index (χ0v) is 18.5. The van der Waals surface area contributed by atoms with Crippen molar-refractivity contribution in [3.63, 3.8) is 0 Å². The minimum absolute atomic E-state index is 0.315. The van der Waals surface area contributed by atoms with Crippen LogP contribution in [0.3, 0.4) is 0 Å². The Labute approximate surface area is 178 Å². The summed E-state index contributed by atoms with van der Waals surface area (Å²) in [7, 11) is 1.70. The third kappa shape index (κ3) is 2.59. The molecule has 3 saturated heterocycles. The van der Waals surface area contributed by atoms with Gasteiger partial charge < -0.3 is 9.64 Å². The van der Waals surface area contributed by atoms with Crippen LogP contribution in [0.15, 0.2) is 24.3 Å². The van der Waals surface area contributed by atoms with Crippen molar-refractivity contribution in [1.82, 2.24) is 19.6 Å². The van der Waals surface area contributed by atoms with Gasteiger partial charge in [-0.05, 0) is 52.6 Å². The van der Waals surface area contributed by atoms with Crippen LogP contribution in [-0.4, -0.2) is 51.2 Å². The standard InChI is InChI=1S/C24H32N4O2/c1-5-28-17(3)22(16(2)25-28)20-13-19-15-26(14-18-9-6-7-10-21(18)30-4)23(29)24(19)11-8-12-27(20)24/h6-7,9-10,19-20H,5,8,11-15H2,1-4H3/t19-,20-,24-/m0/s1. The number of amides is 1. The first kappa shape index (κ1) is 19.6. The Bertz CT molecular complexity index is 984. The van der Waals surface area contributed by atoms with E-state index in [1.165, 1.54) is 11.3 Å². The van der Waals surface area contributed by atoms with Crippen molar-refractivity contribution in [2.24, 2.45) is 5.92 Å². The number of likely N-dealkylation sites (tertiary alicyclic amines) is 1. The third-order valence-corrected chi connectivity index (χ3v) is 7.75. The molecule has 0 unspecified atom stereocenters. The van der Waals surface area contributed by atoms with Gasteiger partial charge in [-0.3, -0.25) is 14.4 Å². The monoisotopic (exact) mass is 408 g/mol. The molecule has 3 atom stereocenters. The second kappa shape index (κ2) is 7.12. The van der Waals surface area contributed by atoms with Crippen molar-refractivity contribution in [2.75, 3.05) is 20.2 Å². The molecule has 3 aliphatic heterocycles. The van der Waals surface area contributed by atoms with Crippen LogP contribution in [0.2, 0.25) is 0 Å². The summed E-state index contributed by atoms with van der Waals surface area (Å²) >= 11 is 0. The number of carbonyl (C=O) groups excluding carboxylic acids is 1. The van der Waals surface area contributed by atoms with Crippen molar-refractivity contribution < 1.29 is 9.53 Å². The molecule has 1 aromatic heterocycles. The highest BCUT2D eigenvalue weighted by atomic mass is 16.5. The van der Waals surface area contributed by atoms with Crippen molar-refractivity contribution in [3.8, 4) is 5.75 Å². The van der Waals surface area contributed by atoms with E-state index in [1.807, 2.05) is 18.2 Å². The van der Waals surface area contributed by atoms with Crippen molar-refractivity contribution >= 4 is 5.91 Å². The van der Waals surface area contributed by atoms with E-state index in [9.17, 15) is 4.79 Å². The molecular formula is C24H32N4O2. The average molecular weight is 409 g/mol. The maximum atomic E-state index is 13.8. The zero-order chi connectivity index (χ0) is 21.0. The van der Waals surface area contributed by atoms with Gasteiger partial charge in [0.25, 0.3) is 0 Å². The molecular weight excluding hydrogens is 376 g/mol. The van der Waals surface area contributed by atoms with Gasteiger partial charge in [-0.1, -0.05) is 18.2 Å². The van der Waals surface area contributed by atoms with Gasteiger partial charge in [0.2, 0.25) is 5.91 Å². The summed E-state index contributed by atoms with van der Waals surface area (Å²) in [5.41, 5.74) is 4.51. The maximum absolute atomic E-state index is 13.8. The van der Waals surface area contributed by atoms with Gasteiger partial charge in [-0.15, -0.1) is 0 Å². The molecule has 0 radical (unpaired) electrons. The van der Waals surface area contributed by atoms with E-state index in [2.05, 4.69) is 41.3 Å². The molecule has 160 valence electrons. The van der Waals surface area contributed by atoms with Crippen LogP contribution < -0.4 is 4.74 Å². The van der Waals surface area contributed by atoms with Gasteiger partial charge in [0.05, 0.1) is 12.8 Å². The Morgan fingerprint density at radius 2 is 2.07 bits per heavy atom. The van der Waals surface area contributed by atoms with E-state index in [1.54, 1.807) is 7.11 Å². The number of methoxy groups -OCH3 is 1. The van der Waals surface area contributed by atoms with Crippen LogP contribution in [0.1, 0.15) is 54.7 Å². The van der Waals surface area contributed by atoms with Crippen LogP contribution in [0.4, 0.5) is 0 Å². The summed E-state index contributed by atoms with van der Waals surface area (Å²) in [6, 6.07) is 8.36. The van der Waals surface area contributed by atoms with Crippen LogP contribution in [-0.2, 0) is 17.9 Å². The number of benzene rings is 1. The summed E-state index contributed by atoms with van der Waals surface area (Å²) in [4.78, 5) is 18.4. The highest BCUT2D eigenvalue weighted by Gasteiger charge is 2.65. The molecule has 4 heterocycles. The predicted molar refractivity (Wildman–Crippen MR) is 115 cm³/mol. The highest BCUT2D eigenvalue weighted by molar-refractivity contribution is 5.90. The van der Waals surface area contributed by atoms with Crippen molar-refractivity contribution in [1.29, 1.82) is 0 Å². The minimum atomic E-state index is -0.320. The summed E-state index contributed by atoms with van der Waals surface area (Å²) < 4.78 is 7.63. The predicted octanol–water partition coefficient (Wildman–Crippen LogP) is 3.47. The van der Waals surface area contributed by atoms with E-state index >= 15 is 0 Å². The van der Waals surface area contributed by atoms with Crippen LogP contribution in [0.25, 0.3) is 0 Å². The summed E-state index contributed by atoms with van der Waals surface area (Å²) in [5, 5.41) is 4.77. The van der Waals surface area contributed by atoms with Gasteiger partial charge in [-0.25, -0.2) is 0 Å². The molecule has 5 rings (SSSR count). The van der Waals surface area contributed by atoms with Crippen LogP contribution in [0.5, 0.6) is 5.75 Å². The number of aromatic nitrogens is 2. The lowest BCUT2D eigenvalue weighted by atomic mass is 9.85. The number of aryl methyl sites for hydroxylation is 2. The van der Waals surface area contributed by atoms with Gasteiger partial charge in [0.1, 0.15) is 11.3 Å². The molecule has 0 N–H and O–H groups in total. The Kier molecular flexibility index (Phi) is 4.65. The smallest absolute Gasteiger partial charge is 0.243 e. The number of para-hydroxylation sites is 1. The maximum Gasteiger partial charge on any atom is 0.243 e. The topological polar surface area (TPSA) is 50.6 Å². The Balaban J connectivity index is 1.45. The lowest BCUT2D eigenvalue weighted by Gasteiger charge is -2.34. The lowest BCUT2D eigenvalue weighted by molar-refractivity contribution is -0.137. The fourth-order valence-corrected chi connectivity index (χ4v) is 6.53. The summed E-state index contributed by atoms with van der Waals surface area (Å²) in [6.07, 6.45) is 3.13. The molecule has 1 spiro atoms. The summed E-state index contributed by atoms with van der Waals surface area (Å²) in [6.45, 7) is 9.82. The Morgan fingerprint density at radius 3 is 2.80 bits per heavy atom. The molecule has 3 aliphatic rings. The number of nitrogens with zero attached hydrogens (tertiary/aromatic N) is 4. The zero-order valence-electron chi connectivity index (χ0n) is 18.5. The van der Waals surface area contributed by atoms with Crippen LogP contribution in [0, 0.1) is 19.8 Å². The molecule has 0 bridgehead atoms. The quantitative estimate of drug-likeness (QED) is 0.760. The summed E-state index contributed by atoms with van der Waals surface area (Å²) in [5.74, 6) is 1.56. The molecule has 0 saturated carbocycles. The second-order valence-corrected chi connectivity index (χ2v) is 9.07. The number of carbonyl (C=O) groups is 1. The third-order valence-electron chi connectivity index (χ3n) is 7.75. The van der Waals surface area contributed by atoms with Gasteiger partial charge in [0.15, 0.2) is 0 Å². The number of hydrogen-bond acceptors (Lipinski definition) is 4. The van der Waals surface area contributed by atoms with Gasteiger partial charge in [0, 0.05) is 48.4 Å². The highest BCUT2D eigenvalue weighted by Crippen LogP contribution is 2.56. The van der Waals surface area contributed by atoms with E-state index in [4.69, 9.17) is 9.84 Å². The first-order chi connectivity index (χ1) is 14.5. The molecule has 2 aromatic rings. The van der Waals surface area contributed by atoms with E-state index < -0.39 is 0 Å². The first-order valence-corrected chi connectivity index (χ1v) is 11.2. The molecule has 6 nitrogen and oxygen atoms in total. The largest absolute Gasteiger partial charge is 0.496 e. The molecule has 1 aromatic carbocycles. The van der Waals surface area contributed by atoms with Gasteiger partial charge in [-0.2, -0.15) is 5.10 Å². The fourth-order valence-electron chi connectivity index (χ4n) is 6.53.